The van der Waals surface area contributed by atoms with Crippen molar-refractivity contribution >= 4 is 21.6 Å². The van der Waals surface area contributed by atoms with Gasteiger partial charge < -0.3 is 5.73 Å². The number of alkyl halides is 4. The van der Waals surface area contributed by atoms with Gasteiger partial charge in [0.1, 0.15) is 0 Å². The fourth-order valence-corrected chi connectivity index (χ4v) is 1.17. The van der Waals surface area contributed by atoms with Crippen molar-refractivity contribution in [2.75, 3.05) is 11.1 Å². The van der Waals surface area contributed by atoms with E-state index in [-0.39, 0.29) is 5.69 Å². The fourth-order valence-electron chi connectivity index (χ4n) is 1.03. The lowest BCUT2D eigenvalue weighted by atomic mass is 10.1. The summed E-state index contributed by atoms with van der Waals surface area (Å²) in [5.74, 6) is 5.35. The van der Waals surface area contributed by atoms with E-state index < -0.39 is 11.7 Å². The second kappa shape index (κ2) is 4.58. The van der Waals surface area contributed by atoms with Crippen LogP contribution in [0.2, 0.25) is 0 Å². The van der Waals surface area contributed by atoms with Gasteiger partial charge in [0.05, 0.1) is 10.9 Å². The molecule has 0 aliphatic heterocycles. The molecule has 0 amide bonds. The zero-order valence-electron chi connectivity index (χ0n) is 7.53. The lowest BCUT2D eigenvalue weighted by Crippen LogP contribution is -2.08. The minimum Gasteiger partial charge on any atom is -0.398 e. The van der Waals surface area contributed by atoms with Crippen molar-refractivity contribution in [2.45, 2.75) is 6.18 Å². The molecular formula is C10H7BrF3N. The van der Waals surface area contributed by atoms with Crippen molar-refractivity contribution in [3.05, 3.63) is 29.3 Å². The van der Waals surface area contributed by atoms with Crippen LogP contribution in [0.3, 0.4) is 0 Å². The molecule has 0 unspecified atom stereocenters. The molecule has 0 aliphatic rings. The topological polar surface area (TPSA) is 26.0 Å². The molecule has 0 saturated heterocycles. The molecular weight excluding hydrogens is 271 g/mol. The maximum absolute atomic E-state index is 12.3. The number of halogens is 4. The lowest BCUT2D eigenvalue weighted by Gasteiger charge is -2.09. The smallest absolute Gasteiger partial charge is 0.398 e. The summed E-state index contributed by atoms with van der Waals surface area (Å²) in [5.41, 5.74) is 4.62. The Labute approximate surface area is 93.6 Å². The summed E-state index contributed by atoms with van der Waals surface area (Å²) >= 11 is 3.09. The van der Waals surface area contributed by atoms with Crippen LogP contribution in [0.5, 0.6) is 0 Å². The van der Waals surface area contributed by atoms with Gasteiger partial charge in [0.2, 0.25) is 0 Å². The number of nitrogens with two attached hydrogens (primary N) is 1. The predicted molar refractivity (Wildman–Crippen MR) is 56.5 cm³/mol. The van der Waals surface area contributed by atoms with Gasteiger partial charge in [-0.3, -0.25) is 0 Å². The first-order chi connectivity index (χ1) is 6.95. The second-order valence-electron chi connectivity index (χ2n) is 2.74. The van der Waals surface area contributed by atoms with Crippen molar-refractivity contribution in [1.29, 1.82) is 0 Å². The lowest BCUT2D eigenvalue weighted by molar-refractivity contribution is -0.136. The normalized spacial score (nSPS) is 10.7. The maximum atomic E-state index is 12.3. The van der Waals surface area contributed by atoms with E-state index in [1.54, 1.807) is 0 Å². The fraction of sp³-hybridized carbons (Fsp3) is 0.200. The quantitative estimate of drug-likeness (QED) is 0.440. The molecule has 0 fully saturated rings. The number of rotatable bonds is 0. The van der Waals surface area contributed by atoms with Crippen LogP contribution >= 0.6 is 15.9 Å². The number of benzene rings is 1. The molecule has 2 N–H and O–H groups in total. The molecule has 0 radical (unpaired) electrons. The highest BCUT2D eigenvalue weighted by molar-refractivity contribution is 9.09. The van der Waals surface area contributed by atoms with Gasteiger partial charge in [0, 0.05) is 11.3 Å². The molecule has 0 atom stereocenters. The van der Waals surface area contributed by atoms with E-state index in [1.165, 1.54) is 12.1 Å². The van der Waals surface area contributed by atoms with E-state index in [9.17, 15) is 13.2 Å². The van der Waals surface area contributed by atoms with E-state index in [1.807, 2.05) is 0 Å². The van der Waals surface area contributed by atoms with Gasteiger partial charge in [-0.05, 0) is 18.2 Å². The summed E-state index contributed by atoms with van der Waals surface area (Å²) in [5, 5.41) is 0.466. The van der Waals surface area contributed by atoms with Crippen molar-refractivity contribution in [3.63, 3.8) is 0 Å². The van der Waals surface area contributed by atoms with E-state index in [0.717, 1.165) is 6.07 Å². The van der Waals surface area contributed by atoms with Gasteiger partial charge in [-0.2, -0.15) is 13.2 Å². The van der Waals surface area contributed by atoms with Crippen molar-refractivity contribution in [2.24, 2.45) is 0 Å². The third kappa shape index (κ3) is 3.17. The zero-order chi connectivity index (χ0) is 11.5. The van der Waals surface area contributed by atoms with Crippen LogP contribution in [0.4, 0.5) is 18.9 Å². The Morgan fingerprint density at radius 3 is 2.47 bits per heavy atom. The monoisotopic (exact) mass is 277 g/mol. The van der Waals surface area contributed by atoms with Crippen LogP contribution < -0.4 is 5.73 Å². The van der Waals surface area contributed by atoms with E-state index in [2.05, 4.69) is 27.8 Å². The Hall–Kier alpha value is -1.15. The average Bonchev–Trinajstić information content (AvgIpc) is 2.12. The number of anilines is 1. The first-order valence-electron chi connectivity index (χ1n) is 3.96. The first kappa shape index (κ1) is 11.9. The van der Waals surface area contributed by atoms with E-state index >= 15 is 0 Å². The molecule has 0 heterocycles. The Morgan fingerprint density at radius 2 is 2.00 bits per heavy atom. The standard InChI is InChI=1S/C10H7BrF3N/c11-5-1-2-7-3-4-8(9(15)6-7)10(12,13)14/h3-4,6H,5,15H2. The van der Waals surface area contributed by atoms with Gasteiger partial charge in [-0.1, -0.05) is 27.8 Å². The van der Waals surface area contributed by atoms with Crippen LogP contribution in [0.25, 0.3) is 0 Å². The molecule has 0 bridgehead atoms. The Morgan fingerprint density at radius 1 is 1.33 bits per heavy atom. The third-order valence-electron chi connectivity index (χ3n) is 1.66. The van der Waals surface area contributed by atoms with Gasteiger partial charge in [-0.15, -0.1) is 0 Å². The van der Waals surface area contributed by atoms with Crippen molar-refractivity contribution in [3.8, 4) is 11.8 Å². The van der Waals surface area contributed by atoms with Crippen LogP contribution in [0.15, 0.2) is 18.2 Å². The van der Waals surface area contributed by atoms with Crippen molar-refractivity contribution in [1.82, 2.24) is 0 Å². The van der Waals surface area contributed by atoms with Gasteiger partial charge >= 0.3 is 6.18 Å². The average molecular weight is 278 g/mol. The van der Waals surface area contributed by atoms with E-state index in [4.69, 9.17) is 5.73 Å². The van der Waals surface area contributed by atoms with Crippen molar-refractivity contribution < 1.29 is 13.2 Å². The van der Waals surface area contributed by atoms with Crippen LogP contribution in [-0.4, -0.2) is 5.33 Å². The largest absolute Gasteiger partial charge is 0.418 e. The first-order valence-corrected chi connectivity index (χ1v) is 5.09. The Kier molecular flexibility index (Phi) is 3.64. The third-order valence-corrected chi connectivity index (χ3v) is 1.94. The van der Waals surface area contributed by atoms with Crippen LogP contribution in [-0.2, 0) is 6.18 Å². The molecule has 1 aromatic rings. The maximum Gasteiger partial charge on any atom is 0.418 e. The summed E-state index contributed by atoms with van der Waals surface area (Å²) in [7, 11) is 0. The van der Waals surface area contributed by atoms with Gasteiger partial charge in [-0.25, -0.2) is 0 Å². The highest BCUT2D eigenvalue weighted by Gasteiger charge is 2.32. The van der Waals surface area contributed by atoms with Crippen LogP contribution in [0.1, 0.15) is 11.1 Å². The molecule has 5 heteroatoms. The molecule has 0 aromatic heterocycles. The summed E-state index contributed by atoms with van der Waals surface area (Å²) in [6.07, 6.45) is -4.41. The SMILES string of the molecule is Nc1cc(C#CCBr)ccc1C(F)(F)F. The zero-order valence-corrected chi connectivity index (χ0v) is 9.11. The van der Waals surface area contributed by atoms with Crippen LogP contribution in [0, 0.1) is 11.8 Å². The number of hydrogen-bond acceptors (Lipinski definition) is 1. The molecule has 1 rings (SSSR count). The highest BCUT2D eigenvalue weighted by Crippen LogP contribution is 2.33. The molecule has 0 aliphatic carbocycles. The summed E-state index contributed by atoms with van der Waals surface area (Å²) < 4.78 is 36.9. The molecule has 1 aromatic carbocycles. The summed E-state index contributed by atoms with van der Waals surface area (Å²) in [4.78, 5) is 0. The Balaban J connectivity index is 3.09. The summed E-state index contributed by atoms with van der Waals surface area (Å²) in [6.45, 7) is 0. The summed E-state index contributed by atoms with van der Waals surface area (Å²) in [6, 6.07) is 3.46. The number of hydrogen-bond donors (Lipinski definition) is 1. The molecule has 0 spiro atoms. The Bertz CT molecular complexity index is 415. The minimum atomic E-state index is -4.41. The molecule has 15 heavy (non-hydrogen) atoms. The molecule has 80 valence electrons. The van der Waals surface area contributed by atoms with Gasteiger partial charge in [0.25, 0.3) is 0 Å². The predicted octanol–water partition coefficient (Wildman–Crippen LogP) is 3.03. The number of nitrogen functional groups attached to an aromatic ring is 1. The van der Waals surface area contributed by atoms with Gasteiger partial charge in [0.15, 0.2) is 0 Å². The minimum absolute atomic E-state index is 0.302. The second-order valence-corrected chi connectivity index (χ2v) is 3.30. The highest BCUT2D eigenvalue weighted by atomic mass is 79.9. The van der Waals surface area contributed by atoms with E-state index in [0.29, 0.717) is 10.9 Å². The molecule has 1 nitrogen and oxygen atoms in total. The molecule has 0 saturated carbocycles.